The molecule has 0 amide bonds. The number of nitrogens with zero attached hydrogens (tertiary/aromatic N) is 1. The Kier molecular flexibility index (Phi) is 4.83. The van der Waals surface area contributed by atoms with Gasteiger partial charge in [0.2, 0.25) is 0 Å². The summed E-state index contributed by atoms with van der Waals surface area (Å²) in [6.45, 7) is 4.37. The minimum Gasteiger partial charge on any atom is -0.366 e. The Labute approximate surface area is 119 Å². The zero-order valence-corrected chi connectivity index (χ0v) is 11.9. The smallest absolute Gasteiger partial charge is 0.0430 e. The molecule has 0 fully saturated rings. The van der Waals surface area contributed by atoms with Crippen molar-refractivity contribution in [2.75, 3.05) is 18.0 Å². The van der Waals surface area contributed by atoms with Crippen molar-refractivity contribution in [1.29, 1.82) is 0 Å². The number of hydrogen-bond acceptors (Lipinski definition) is 2. The molecule has 0 saturated heterocycles. The molecule has 2 N–H and O–H groups in total. The van der Waals surface area contributed by atoms with Crippen LogP contribution in [0.15, 0.2) is 48.5 Å². The highest BCUT2D eigenvalue weighted by atomic mass is 35.5. The van der Waals surface area contributed by atoms with Gasteiger partial charge in [-0.3, -0.25) is 0 Å². The number of rotatable bonds is 5. The standard InChI is InChI=1S/C16H19ClN2/c1-13-5-7-16(8-6-13)19(10-9-18)12-14-3-2-4-15(17)11-14/h2-8,11H,9-10,12,18H2,1H3. The number of benzene rings is 2. The predicted molar refractivity (Wildman–Crippen MR) is 82.7 cm³/mol. The maximum atomic E-state index is 6.03. The Morgan fingerprint density at radius 3 is 2.47 bits per heavy atom. The zero-order chi connectivity index (χ0) is 13.7. The minimum absolute atomic E-state index is 0.633. The predicted octanol–water partition coefficient (Wildman–Crippen LogP) is 3.61. The molecule has 0 aromatic heterocycles. The highest BCUT2D eigenvalue weighted by Crippen LogP contribution is 2.19. The van der Waals surface area contributed by atoms with Gasteiger partial charge >= 0.3 is 0 Å². The molecular weight excluding hydrogens is 256 g/mol. The van der Waals surface area contributed by atoms with Crippen molar-refractivity contribution in [3.8, 4) is 0 Å². The second-order valence-corrected chi connectivity index (χ2v) is 5.11. The third-order valence-electron chi connectivity index (χ3n) is 3.06. The van der Waals surface area contributed by atoms with Crippen LogP contribution in [-0.4, -0.2) is 13.1 Å². The summed E-state index contributed by atoms with van der Waals surface area (Å²) in [7, 11) is 0. The number of aryl methyl sites for hydroxylation is 1. The van der Waals surface area contributed by atoms with Crippen molar-refractivity contribution in [1.82, 2.24) is 0 Å². The summed E-state index contributed by atoms with van der Waals surface area (Å²) < 4.78 is 0. The molecule has 0 radical (unpaired) electrons. The van der Waals surface area contributed by atoms with Crippen LogP contribution in [-0.2, 0) is 6.54 Å². The van der Waals surface area contributed by atoms with E-state index in [1.54, 1.807) is 0 Å². The third-order valence-corrected chi connectivity index (χ3v) is 3.30. The van der Waals surface area contributed by atoms with Gasteiger partial charge in [0.15, 0.2) is 0 Å². The minimum atomic E-state index is 0.633. The van der Waals surface area contributed by atoms with E-state index in [2.05, 4.69) is 42.2 Å². The molecule has 2 rings (SSSR count). The van der Waals surface area contributed by atoms with Crippen LogP contribution in [0.3, 0.4) is 0 Å². The molecule has 2 aromatic carbocycles. The van der Waals surface area contributed by atoms with Crippen LogP contribution in [0.25, 0.3) is 0 Å². The van der Waals surface area contributed by atoms with Crippen LogP contribution in [0, 0.1) is 6.92 Å². The molecule has 0 saturated carbocycles. The first-order valence-electron chi connectivity index (χ1n) is 6.45. The van der Waals surface area contributed by atoms with Crippen molar-refractivity contribution in [3.63, 3.8) is 0 Å². The van der Waals surface area contributed by atoms with E-state index >= 15 is 0 Å². The highest BCUT2D eigenvalue weighted by Gasteiger charge is 2.06. The maximum absolute atomic E-state index is 6.03. The lowest BCUT2D eigenvalue weighted by atomic mass is 10.1. The Morgan fingerprint density at radius 2 is 1.84 bits per heavy atom. The van der Waals surface area contributed by atoms with E-state index < -0.39 is 0 Å². The van der Waals surface area contributed by atoms with E-state index in [9.17, 15) is 0 Å². The highest BCUT2D eigenvalue weighted by molar-refractivity contribution is 6.30. The first-order valence-corrected chi connectivity index (χ1v) is 6.83. The van der Waals surface area contributed by atoms with Crippen LogP contribution < -0.4 is 10.6 Å². The SMILES string of the molecule is Cc1ccc(N(CCN)Cc2cccc(Cl)c2)cc1. The van der Waals surface area contributed by atoms with Crippen LogP contribution in [0.1, 0.15) is 11.1 Å². The number of halogens is 1. The fourth-order valence-electron chi connectivity index (χ4n) is 2.07. The first-order chi connectivity index (χ1) is 9.19. The molecule has 0 bridgehead atoms. The zero-order valence-electron chi connectivity index (χ0n) is 11.1. The molecule has 2 aromatic rings. The Bertz CT molecular complexity index is 523. The van der Waals surface area contributed by atoms with Crippen LogP contribution >= 0.6 is 11.6 Å². The van der Waals surface area contributed by atoms with Crippen LogP contribution in [0.5, 0.6) is 0 Å². The average Bonchev–Trinajstić information content (AvgIpc) is 2.39. The number of nitrogens with two attached hydrogens (primary N) is 1. The summed E-state index contributed by atoms with van der Waals surface area (Å²) in [6.07, 6.45) is 0. The summed E-state index contributed by atoms with van der Waals surface area (Å²) in [6, 6.07) is 16.5. The van der Waals surface area contributed by atoms with Crippen molar-refractivity contribution >= 4 is 17.3 Å². The van der Waals surface area contributed by atoms with E-state index in [1.165, 1.54) is 16.8 Å². The summed E-state index contributed by atoms with van der Waals surface area (Å²) in [4.78, 5) is 2.27. The normalized spacial score (nSPS) is 10.5. The van der Waals surface area contributed by atoms with Gasteiger partial charge in [0.25, 0.3) is 0 Å². The second-order valence-electron chi connectivity index (χ2n) is 4.68. The molecule has 0 aliphatic heterocycles. The largest absolute Gasteiger partial charge is 0.366 e. The first kappa shape index (κ1) is 13.9. The van der Waals surface area contributed by atoms with Gasteiger partial charge in [-0.15, -0.1) is 0 Å². The van der Waals surface area contributed by atoms with Gasteiger partial charge in [-0.1, -0.05) is 41.4 Å². The molecule has 3 heteroatoms. The second kappa shape index (κ2) is 6.60. The van der Waals surface area contributed by atoms with Gasteiger partial charge in [0.05, 0.1) is 0 Å². The third kappa shape index (κ3) is 3.98. The Morgan fingerprint density at radius 1 is 1.11 bits per heavy atom. The molecule has 0 spiro atoms. The molecule has 19 heavy (non-hydrogen) atoms. The maximum Gasteiger partial charge on any atom is 0.0430 e. The van der Waals surface area contributed by atoms with E-state index in [-0.39, 0.29) is 0 Å². The summed E-state index contributed by atoms with van der Waals surface area (Å²) >= 11 is 6.03. The Balaban J connectivity index is 2.18. The van der Waals surface area contributed by atoms with Gasteiger partial charge in [-0.2, -0.15) is 0 Å². The molecule has 0 aliphatic carbocycles. The van der Waals surface area contributed by atoms with Crippen molar-refractivity contribution in [3.05, 3.63) is 64.7 Å². The van der Waals surface area contributed by atoms with Crippen molar-refractivity contribution in [2.45, 2.75) is 13.5 Å². The molecule has 2 nitrogen and oxygen atoms in total. The molecule has 0 aliphatic rings. The molecule has 100 valence electrons. The lowest BCUT2D eigenvalue weighted by molar-refractivity contribution is 0.790. The summed E-state index contributed by atoms with van der Waals surface area (Å²) in [5.41, 5.74) is 9.36. The van der Waals surface area contributed by atoms with E-state index in [4.69, 9.17) is 17.3 Å². The van der Waals surface area contributed by atoms with Gasteiger partial charge in [0.1, 0.15) is 0 Å². The van der Waals surface area contributed by atoms with E-state index in [0.717, 1.165) is 18.1 Å². The van der Waals surface area contributed by atoms with Gasteiger partial charge < -0.3 is 10.6 Å². The molecule has 0 atom stereocenters. The number of hydrogen-bond donors (Lipinski definition) is 1. The average molecular weight is 275 g/mol. The van der Waals surface area contributed by atoms with Crippen LogP contribution in [0.4, 0.5) is 5.69 Å². The fourth-order valence-corrected chi connectivity index (χ4v) is 2.28. The molecule has 0 unspecified atom stereocenters. The fraction of sp³-hybridized carbons (Fsp3) is 0.250. The Hall–Kier alpha value is -1.51. The van der Waals surface area contributed by atoms with E-state index in [0.29, 0.717) is 6.54 Å². The van der Waals surface area contributed by atoms with Crippen LogP contribution in [0.2, 0.25) is 5.02 Å². The summed E-state index contributed by atoms with van der Waals surface area (Å²) in [5.74, 6) is 0. The molecule has 0 heterocycles. The van der Waals surface area contributed by atoms with Crippen molar-refractivity contribution in [2.24, 2.45) is 5.73 Å². The quantitative estimate of drug-likeness (QED) is 0.902. The lowest BCUT2D eigenvalue weighted by Gasteiger charge is -2.24. The topological polar surface area (TPSA) is 29.3 Å². The number of anilines is 1. The van der Waals surface area contributed by atoms with Crippen molar-refractivity contribution < 1.29 is 0 Å². The van der Waals surface area contributed by atoms with Gasteiger partial charge in [-0.05, 0) is 36.8 Å². The summed E-state index contributed by atoms with van der Waals surface area (Å²) in [5, 5.41) is 0.772. The molecular formula is C16H19ClN2. The van der Waals surface area contributed by atoms with Gasteiger partial charge in [-0.25, -0.2) is 0 Å². The lowest BCUT2D eigenvalue weighted by Crippen LogP contribution is -2.28. The van der Waals surface area contributed by atoms with E-state index in [1.807, 2.05) is 18.2 Å². The monoisotopic (exact) mass is 274 g/mol. The van der Waals surface area contributed by atoms with Gasteiger partial charge in [0, 0.05) is 30.3 Å².